The average molecular weight is 267 g/mol. The van der Waals surface area contributed by atoms with Crippen molar-refractivity contribution in [3.05, 3.63) is 23.8 Å². The predicted molar refractivity (Wildman–Crippen MR) is 68.9 cm³/mol. The molecule has 0 radical (unpaired) electrons. The van der Waals surface area contributed by atoms with E-state index in [1.165, 1.54) is 20.3 Å². The first-order valence-corrected chi connectivity index (χ1v) is 5.76. The lowest BCUT2D eigenvalue weighted by molar-refractivity contribution is -0.140. The minimum Gasteiger partial charge on any atom is -0.497 e. The molecular formula is C13H17NO5. The van der Waals surface area contributed by atoms with E-state index in [9.17, 15) is 9.59 Å². The maximum atomic E-state index is 11.8. The van der Waals surface area contributed by atoms with Gasteiger partial charge in [0.15, 0.2) is 0 Å². The van der Waals surface area contributed by atoms with E-state index in [2.05, 4.69) is 4.74 Å². The van der Waals surface area contributed by atoms with Crippen molar-refractivity contribution in [1.82, 2.24) is 0 Å². The van der Waals surface area contributed by atoms with E-state index in [0.29, 0.717) is 17.9 Å². The summed E-state index contributed by atoms with van der Waals surface area (Å²) < 4.78 is 14.5. The van der Waals surface area contributed by atoms with Crippen LogP contribution in [0.5, 0.6) is 5.75 Å². The molecular weight excluding hydrogens is 250 g/mol. The zero-order valence-corrected chi connectivity index (χ0v) is 11.0. The molecule has 0 aromatic heterocycles. The van der Waals surface area contributed by atoms with Gasteiger partial charge in [0.25, 0.3) is 0 Å². The Balaban J connectivity index is 2.51. The zero-order valence-electron chi connectivity index (χ0n) is 11.0. The number of carbonyl (C=O) groups excluding carboxylic acids is 2. The van der Waals surface area contributed by atoms with Crippen LogP contribution in [0.3, 0.4) is 0 Å². The van der Waals surface area contributed by atoms with Crippen molar-refractivity contribution in [2.45, 2.75) is 12.8 Å². The maximum absolute atomic E-state index is 11.8. The molecule has 0 bridgehead atoms. The van der Waals surface area contributed by atoms with Gasteiger partial charge >= 0.3 is 11.9 Å². The number of hydrogen-bond acceptors (Lipinski definition) is 6. The summed E-state index contributed by atoms with van der Waals surface area (Å²) in [7, 11) is 2.81. The predicted octanol–water partition coefficient (Wildman–Crippen LogP) is 1.39. The van der Waals surface area contributed by atoms with E-state index in [-0.39, 0.29) is 24.6 Å². The molecule has 0 aliphatic heterocycles. The van der Waals surface area contributed by atoms with Crippen LogP contribution in [-0.4, -0.2) is 32.8 Å². The second-order valence-electron chi connectivity index (χ2n) is 3.77. The summed E-state index contributed by atoms with van der Waals surface area (Å²) in [6, 6.07) is 4.74. The maximum Gasteiger partial charge on any atom is 0.340 e. The highest BCUT2D eigenvalue weighted by Crippen LogP contribution is 2.20. The second-order valence-corrected chi connectivity index (χ2v) is 3.77. The van der Waals surface area contributed by atoms with Crippen molar-refractivity contribution >= 4 is 17.6 Å². The molecule has 104 valence electrons. The van der Waals surface area contributed by atoms with Crippen molar-refractivity contribution < 1.29 is 23.8 Å². The SMILES string of the molecule is COC(=O)CCCOC(=O)c1cc(OC)ccc1N. The number of rotatable bonds is 6. The average Bonchev–Trinajstić information content (AvgIpc) is 2.43. The van der Waals surface area contributed by atoms with Gasteiger partial charge in [-0.2, -0.15) is 0 Å². The van der Waals surface area contributed by atoms with E-state index in [1.807, 2.05) is 0 Å². The Kier molecular flexibility index (Phi) is 5.66. The quantitative estimate of drug-likeness (QED) is 0.476. The summed E-state index contributed by atoms with van der Waals surface area (Å²) in [6.07, 6.45) is 0.611. The molecule has 0 fully saturated rings. The molecule has 6 heteroatoms. The lowest BCUT2D eigenvalue weighted by Gasteiger charge is -2.08. The van der Waals surface area contributed by atoms with Crippen molar-refractivity contribution in [3.63, 3.8) is 0 Å². The van der Waals surface area contributed by atoms with Crippen LogP contribution in [0.15, 0.2) is 18.2 Å². The molecule has 0 aliphatic carbocycles. The molecule has 0 saturated heterocycles. The van der Waals surface area contributed by atoms with Crippen molar-refractivity contribution in [2.24, 2.45) is 0 Å². The van der Waals surface area contributed by atoms with Crippen LogP contribution in [0.1, 0.15) is 23.2 Å². The third-order valence-electron chi connectivity index (χ3n) is 2.47. The summed E-state index contributed by atoms with van der Waals surface area (Å²) in [5, 5.41) is 0. The molecule has 0 heterocycles. The normalized spacial score (nSPS) is 9.79. The van der Waals surface area contributed by atoms with E-state index >= 15 is 0 Å². The smallest absolute Gasteiger partial charge is 0.340 e. The Hall–Kier alpha value is -2.24. The van der Waals surface area contributed by atoms with Crippen LogP contribution in [0.4, 0.5) is 5.69 Å². The van der Waals surface area contributed by atoms with Gasteiger partial charge in [0.1, 0.15) is 5.75 Å². The molecule has 0 aliphatic rings. The van der Waals surface area contributed by atoms with Gasteiger partial charge in [-0.25, -0.2) is 4.79 Å². The number of nitrogen functional groups attached to an aromatic ring is 1. The van der Waals surface area contributed by atoms with Gasteiger partial charge in [0.2, 0.25) is 0 Å². The first kappa shape index (κ1) is 14.8. The number of methoxy groups -OCH3 is 2. The van der Waals surface area contributed by atoms with Gasteiger partial charge < -0.3 is 19.9 Å². The summed E-state index contributed by atoms with van der Waals surface area (Å²) in [4.78, 5) is 22.6. The molecule has 1 aromatic rings. The van der Waals surface area contributed by atoms with Crippen LogP contribution in [0.25, 0.3) is 0 Å². The topological polar surface area (TPSA) is 87.8 Å². The van der Waals surface area contributed by atoms with Gasteiger partial charge in [0.05, 0.1) is 26.4 Å². The summed E-state index contributed by atoms with van der Waals surface area (Å²) in [6.45, 7) is 0.130. The number of anilines is 1. The molecule has 1 aromatic carbocycles. The fraction of sp³-hybridized carbons (Fsp3) is 0.385. The van der Waals surface area contributed by atoms with E-state index < -0.39 is 5.97 Å². The number of esters is 2. The van der Waals surface area contributed by atoms with Crippen LogP contribution in [0.2, 0.25) is 0 Å². The standard InChI is InChI=1S/C13H17NO5/c1-17-9-5-6-11(14)10(8-9)13(16)19-7-3-4-12(15)18-2/h5-6,8H,3-4,7,14H2,1-2H3. The third-order valence-corrected chi connectivity index (χ3v) is 2.47. The van der Waals surface area contributed by atoms with Gasteiger partial charge in [-0.15, -0.1) is 0 Å². The molecule has 0 amide bonds. The van der Waals surface area contributed by atoms with Crippen molar-refractivity contribution in [1.29, 1.82) is 0 Å². The van der Waals surface area contributed by atoms with E-state index in [1.54, 1.807) is 12.1 Å². The Morgan fingerprint density at radius 1 is 1.26 bits per heavy atom. The monoisotopic (exact) mass is 267 g/mol. The molecule has 0 spiro atoms. The molecule has 1 rings (SSSR count). The van der Waals surface area contributed by atoms with Crippen molar-refractivity contribution in [2.75, 3.05) is 26.6 Å². The third kappa shape index (κ3) is 4.50. The van der Waals surface area contributed by atoms with Crippen LogP contribution in [0, 0.1) is 0 Å². The van der Waals surface area contributed by atoms with Crippen molar-refractivity contribution in [3.8, 4) is 5.75 Å². The number of ether oxygens (including phenoxy) is 3. The van der Waals surface area contributed by atoms with Crippen LogP contribution in [-0.2, 0) is 14.3 Å². The van der Waals surface area contributed by atoms with Gasteiger partial charge in [0, 0.05) is 12.1 Å². The van der Waals surface area contributed by atoms with Crippen LogP contribution < -0.4 is 10.5 Å². The summed E-state index contributed by atoms with van der Waals surface area (Å²) >= 11 is 0. The first-order valence-electron chi connectivity index (χ1n) is 5.76. The second kappa shape index (κ2) is 7.25. The highest BCUT2D eigenvalue weighted by molar-refractivity contribution is 5.95. The highest BCUT2D eigenvalue weighted by atomic mass is 16.5. The minimum absolute atomic E-state index is 0.130. The van der Waals surface area contributed by atoms with Gasteiger partial charge in [-0.1, -0.05) is 0 Å². The lowest BCUT2D eigenvalue weighted by Crippen LogP contribution is -2.10. The number of hydrogen-bond donors (Lipinski definition) is 1. The Morgan fingerprint density at radius 2 is 2.00 bits per heavy atom. The molecule has 6 nitrogen and oxygen atoms in total. The van der Waals surface area contributed by atoms with E-state index in [0.717, 1.165) is 0 Å². The highest BCUT2D eigenvalue weighted by Gasteiger charge is 2.12. The van der Waals surface area contributed by atoms with Gasteiger partial charge in [-0.3, -0.25) is 4.79 Å². The molecule has 2 N–H and O–H groups in total. The number of nitrogens with two attached hydrogens (primary N) is 1. The molecule has 0 saturated carbocycles. The summed E-state index contributed by atoms with van der Waals surface area (Å²) in [5.41, 5.74) is 6.25. The zero-order chi connectivity index (χ0) is 14.3. The Bertz CT molecular complexity index is 458. The number of carbonyl (C=O) groups is 2. The number of benzene rings is 1. The fourth-order valence-electron chi connectivity index (χ4n) is 1.40. The minimum atomic E-state index is -0.540. The fourth-order valence-corrected chi connectivity index (χ4v) is 1.40. The molecule has 0 unspecified atom stereocenters. The lowest BCUT2D eigenvalue weighted by atomic mass is 10.1. The van der Waals surface area contributed by atoms with Gasteiger partial charge in [-0.05, 0) is 24.6 Å². The largest absolute Gasteiger partial charge is 0.497 e. The molecule has 0 atom stereocenters. The first-order chi connectivity index (χ1) is 9.08. The van der Waals surface area contributed by atoms with E-state index in [4.69, 9.17) is 15.2 Å². The Morgan fingerprint density at radius 3 is 2.63 bits per heavy atom. The van der Waals surface area contributed by atoms with Crippen LogP contribution >= 0.6 is 0 Å². The Labute approximate surface area is 111 Å². The summed E-state index contributed by atoms with van der Waals surface area (Å²) in [5.74, 6) is -0.353. The molecule has 19 heavy (non-hydrogen) atoms.